The van der Waals surface area contributed by atoms with E-state index in [1.54, 1.807) is 30.3 Å². The van der Waals surface area contributed by atoms with Crippen molar-refractivity contribution in [3.63, 3.8) is 0 Å². The van der Waals surface area contributed by atoms with Gasteiger partial charge >= 0.3 is 0 Å². The van der Waals surface area contributed by atoms with Crippen LogP contribution in [-0.4, -0.2) is 42.5 Å². The largest absolute Gasteiger partial charge is 0.497 e. The van der Waals surface area contributed by atoms with Crippen molar-refractivity contribution >= 4 is 29.0 Å². The summed E-state index contributed by atoms with van der Waals surface area (Å²) in [4.78, 5) is 41.7. The first-order chi connectivity index (χ1) is 19.4. The molecule has 1 fully saturated rings. The number of anilines is 2. The van der Waals surface area contributed by atoms with E-state index < -0.39 is 41.0 Å². The molecule has 216 valence electrons. The number of ether oxygens (including phenoxy) is 2. The molecule has 4 unspecified atom stereocenters. The van der Waals surface area contributed by atoms with Crippen LogP contribution in [-0.2, 0) is 14.4 Å². The lowest BCUT2D eigenvalue weighted by atomic mass is 9.61. The minimum absolute atomic E-state index is 0.341. The number of aryl methyl sites for hydroxylation is 4. The molecule has 4 atom stereocenters. The minimum Gasteiger partial charge on any atom is -0.497 e. The van der Waals surface area contributed by atoms with Gasteiger partial charge in [0.15, 0.2) is 0 Å². The van der Waals surface area contributed by atoms with Crippen molar-refractivity contribution in [3.05, 3.63) is 82.4 Å². The van der Waals surface area contributed by atoms with Crippen molar-refractivity contribution in [2.45, 2.75) is 52.6 Å². The van der Waals surface area contributed by atoms with Crippen molar-refractivity contribution in [3.8, 4) is 11.5 Å². The van der Waals surface area contributed by atoms with E-state index in [4.69, 9.17) is 9.47 Å². The molecule has 0 bridgehead atoms. The van der Waals surface area contributed by atoms with Crippen LogP contribution in [0.2, 0.25) is 0 Å². The average molecular weight is 559 g/mol. The summed E-state index contributed by atoms with van der Waals surface area (Å²) in [5, 5.41) is 17.5. The first-order valence-electron chi connectivity index (χ1n) is 13.6. The molecule has 3 aromatic rings. The number of benzene rings is 3. The Kier molecular flexibility index (Phi) is 8.54. The SMILES string of the molecule is COc1ccc(C2C(C(=O)Nc3ccc(C)cc3C)C(=O)CC(C)(O)C2C(=O)Nc2ccc(C)cc2C)c(OC)c1. The third kappa shape index (κ3) is 6.12. The van der Waals surface area contributed by atoms with E-state index in [2.05, 4.69) is 10.6 Å². The number of aliphatic hydroxyl groups is 1. The van der Waals surface area contributed by atoms with Gasteiger partial charge in [-0.1, -0.05) is 41.5 Å². The van der Waals surface area contributed by atoms with E-state index in [1.807, 2.05) is 52.0 Å². The zero-order valence-electron chi connectivity index (χ0n) is 24.6. The van der Waals surface area contributed by atoms with Crippen molar-refractivity contribution in [1.29, 1.82) is 0 Å². The van der Waals surface area contributed by atoms with Gasteiger partial charge in [-0.2, -0.15) is 0 Å². The first-order valence-corrected chi connectivity index (χ1v) is 13.6. The predicted octanol–water partition coefficient (Wildman–Crippen LogP) is 5.25. The molecule has 0 saturated heterocycles. The zero-order valence-corrected chi connectivity index (χ0v) is 24.6. The predicted molar refractivity (Wildman–Crippen MR) is 159 cm³/mol. The highest BCUT2D eigenvalue weighted by Gasteiger charge is 2.56. The molecule has 0 aliphatic heterocycles. The second-order valence-electron chi connectivity index (χ2n) is 11.2. The van der Waals surface area contributed by atoms with Gasteiger partial charge in [-0.05, 0) is 69.5 Å². The Morgan fingerprint density at radius 1 is 0.829 bits per heavy atom. The number of carbonyl (C=O) groups is 3. The summed E-state index contributed by atoms with van der Waals surface area (Å²) < 4.78 is 11.0. The molecule has 8 nitrogen and oxygen atoms in total. The summed E-state index contributed by atoms with van der Waals surface area (Å²) in [6.45, 7) is 9.14. The number of nitrogens with one attached hydrogen (secondary N) is 2. The fourth-order valence-corrected chi connectivity index (χ4v) is 5.89. The van der Waals surface area contributed by atoms with E-state index in [-0.39, 0.29) is 6.42 Å². The van der Waals surface area contributed by atoms with Gasteiger partial charge in [-0.15, -0.1) is 0 Å². The molecule has 1 aliphatic carbocycles. The highest BCUT2D eigenvalue weighted by atomic mass is 16.5. The minimum atomic E-state index is -1.74. The van der Waals surface area contributed by atoms with Crippen LogP contribution in [0.5, 0.6) is 11.5 Å². The Balaban J connectivity index is 1.85. The molecule has 3 aromatic carbocycles. The van der Waals surface area contributed by atoms with Gasteiger partial charge < -0.3 is 25.2 Å². The molecule has 2 amide bonds. The molecule has 0 radical (unpaired) electrons. The van der Waals surface area contributed by atoms with Crippen LogP contribution >= 0.6 is 0 Å². The van der Waals surface area contributed by atoms with E-state index >= 15 is 0 Å². The summed E-state index contributed by atoms with van der Waals surface area (Å²) in [5.74, 6) is -4.14. The number of carbonyl (C=O) groups excluding carboxylic acids is 3. The summed E-state index contributed by atoms with van der Waals surface area (Å²) in [5.41, 5.74) is 3.64. The van der Waals surface area contributed by atoms with Crippen LogP contribution < -0.4 is 20.1 Å². The molecule has 1 saturated carbocycles. The molecule has 0 heterocycles. The van der Waals surface area contributed by atoms with Crippen LogP contribution in [0.25, 0.3) is 0 Å². The number of hydrogen-bond donors (Lipinski definition) is 3. The third-order valence-corrected chi connectivity index (χ3v) is 7.91. The van der Waals surface area contributed by atoms with Gasteiger partial charge in [-0.25, -0.2) is 0 Å². The Morgan fingerprint density at radius 3 is 1.90 bits per heavy atom. The second-order valence-corrected chi connectivity index (χ2v) is 11.2. The standard InChI is InChI=1S/C33H38N2O6/c1-18-8-12-24(20(3)14-18)34-31(37)29-26(36)17-33(5,39)30(32(38)35-25-13-9-19(2)15-21(25)4)28(29)23-11-10-22(40-6)16-27(23)41-7/h8-16,28-30,39H,17H2,1-7H3,(H,34,37)(H,35,38). The maximum atomic E-state index is 14.1. The molecule has 41 heavy (non-hydrogen) atoms. The molecule has 0 aromatic heterocycles. The number of Topliss-reactive ketones (excluding diaryl/α,β-unsaturated/α-hetero) is 1. The van der Waals surface area contributed by atoms with Gasteiger partial charge in [0.05, 0.1) is 25.7 Å². The Morgan fingerprint density at radius 2 is 1.39 bits per heavy atom. The zero-order chi connectivity index (χ0) is 30.1. The van der Waals surface area contributed by atoms with Crippen LogP contribution in [0.3, 0.4) is 0 Å². The normalized spacial score (nSPS) is 22.1. The number of rotatable bonds is 7. The van der Waals surface area contributed by atoms with E-state index in [0.717, 1.165) is 22.3 Å². The maximum Gasteiger partial charge on any atom is 0.235 e. The van der Waals surface area contributed by atoms with E-state index in [0.29, 0.717) is 28.4 Å². The van der Waals surface area contributed by atoms with E-state index in [1.165, 1.54) is 21.1 Å². The molecular weight excluding hydrogens is 520 g/mol. The molecule has 0 spiro atoms. The lowest BCUT2D eigenvalue weighted by Crippen LogP contribution is -2.56. The Labute approximate surface area is 241 Å². The highest BCUT2D eigenvalue weighted by Crippen LogP contribution is 2.49. The fourth-order valence-electron chi connectivity index (χ4n) is 5.89. The molecular formula is C33H38N2O6. The van der Waals surface area contributed by atoms with Crippen LogP contribution in [0.1, 0.15) is 47.1 Å². The lowest BCUT2D eigenvalue weighted by molar-refractivity contribution is -0.150. The summed E-state index contributed by atoms with van der Waals surface area (Å²) in [6.07, 6.45) is -0.363. The monoisotopic (exact) mass is 558 g/mol. The smallest absolute Gasteiger partial charge is 0.235 e. The van der Waals surface area contributed by atoms with Crippen molar-refractivity contribution < 1.29 is 29.0 Å². The fraction of sp³-hybridized carbons (Fsp3) is 0.364. The van der Waals surface area contributed by atoms with Gasteiger partial charge in [0.2, 0.25) is 11.8 Å². The quantitative estimate of drug-likeness (QED) is 0.341. The molecule has 3 N–H and O–H groups in total. The van der Waals surface area contributed by atoms with Crippen molar-refractivity contribution in [1.82, 2.24) is 0 Å². The summed E-state index contributed by atoms with van der Waals surface area (Å²) in [7, 11) is 2.99. The van der Waals surface area contributed by atoms with E-state index in [9.17, 15) is 19.5 Å². The summed E-state index contributed by atoms with van der Waals surface area (Å²) >= 11 is 0. The van der Waals surface area contributed by atoms with Crippen molar-refractivity contribution in [2.24, 2.45) is 11.8 Å². The molecule has 4 rings (SSSR count). The topological polar surface area (TPSA) is 114 Å². The Hall–Kier alpha value is -4.17. The van der Waals surface area contributed by atoms with Gasteiger partial charge in [0, 0.05) is 29.8 Å². The van der Waals surface area contributed by atoms with Crippen LogP contribution in [0, 0.1) is 39.5 Å². The summed E-state index contributed by atoms with van der Waals surface area (Å²) in [6, 6.07) is 16.2. The number of hydrogen-bond acceptors (Lipinski definition) is 6. The lowest BCUT2D eigenvalue weighted by Gasteiger charge is -2.44. The van der Waals surface area contributed by atoms with Gasteiger partial charge in [0.1, 0.15) is 23.2 Å². The average Bonchev–Trinajstić information content (AvgIpc) is 2.90. The highest BCUT2D eigenvalue weighted by molar-refractivity contribution is 6.10. The second kappa shape index (κ2) is 11.7. The number of ketones is 1. The molecule has 8 heteroatoms. The van der Waals surface area contributed by atoms with Crippen LogP contribution in [0.15, 0.2) is 54.6 Å². The Bertz CT molecular complexity index is 1500. The maximum absolute atomic E-state index is 14.1. The van der Waals surface area contributed by atoms with Crippen molar-refractivity contribution in [2.75, 3.05) is 24.9 Å². The molecule has 1 aliphatic rings. The first kappa shape index (κ1) is 29.8. The van der Waals surface area contributed by atoms with Gasteiger partial charge in [-0.3, -0.25) is 14.4 Å². The number of methoxy groups -OCH3 is 2. The van der Waals surface area contributed by atoms with Gasteiger partial charge in [0.25, 0.3) is 0 Å². The third-order valence-electron chi connectivity index (χ3n) is 7.91. The van der Waals surface area contributed by atoms with Crippen LogP contribution in [0.4, 0.5) is 11.4 Å². The number of amides is 2.